The van der Waals surface area contributed by atoms with Crippen molar-refractivity contribution in [1.29, 1.82) is 0 Å². The standard InChI is InChI=1S/C13H21F2N5O3S/c1-19-8-10(11(18-19)12(14)15)17-13(21)20-6-4-3-5-9(20)7-16-24(2,22)23/h8-9,12,16H,3-7H2,1-2H3,(H,17,21). The molecule has 1 aromatic heterocycles. The number of carbonyl (C=O) groups is 1. The normalized spacial score (nSPS) is 18.9. The average molecular weight is 365 g/mol. The average Bonchev–Trinajstić information content (AvgIpc) is 2.85. The summed E-state index contributed by atoms with van der Waals surface area (Å²) >= 11 is 0. The van der Waals surface area contributed by atoms with Crippen LogP contribution in [0.15, 0.2) is 6.20 Å². The van der Waals surface area contributed by atoms with E-state index in [4.69, 9.17) is 0 Å². The van der Waals surface area contributed by atoms with E-state index in [1.54, 1.807) is 0 Å². The van der Waals surface area contributed by atoms with Crippen LogP contribution >= 0.6 is 0 Å². The zero-order valence-electron chi connectivity index (χ0n) is 13.5. The van der Waals surface area contributed by atoms with Gasteiger partial charge in [0.2, 0.25) is 10.0 Å². The SMILES string of the molecule is Cn1cc(NC(=O)N2CCCCC2CNS(C)(=O)=O)c(C(F)F)n1. The number of aryl methyl sites for hydroxylation is 1. The van der Waals surface area contributed by atoms with E-state index in [0.717, 1.165) is 19.1 Å². The first kappa shape index (κ1) is 18.6. The lowest BCUT2D eigenvalue weighted by atomic mass is 10.0. The number of halogens is 2. The minimum atomic E-state index is -3.37. The van der Waals surface area contributed by atoms with Crippen LogP contribution in [0.4, 0.5) is 19.3 Å². The van der Waals surface area contributed by atoms with Gasteiger partial charge in [-0.25, -0.2) is 26.7 Å². The lowest BCUT2D eigenvalue weighted by Gasteiger charge is -2.35. The first-order valence-electron chi connectivity index (χ1n) is 7.51. The largest absolute Gasteiger partial charge is 0.322 e. The topological polar surface area (TPSA) is 96.3 Å². The fraction of sp³-hybridized carbons (Fsp3) is 0.692. The van der Waals surface area contributed by atoms with Gasteiger partial charge < -0.3 is 10.2 Å². The third-order valence-electron chi connectivity index (χ3n) is 3.77. The van der Waals surface area contributed by atoms with Gasteiger partial charge in [-0.3, -0.25) is 4.68 Å². The summed E-state index contributed by atoms with van der Waals surface area (Å²) in [5.41, 5.74) is -0.536. The molecule has 1 aliphatic rings. The smallest absolute Gasteiger partial charge is 0.320 e. The molecule has 2 N–H and O–H groups in total. The van der Waals surface area contributed by atoms with Crippen LogP contribution < -0.4 is 10.0 Å². The van der Waals surface area contributed by atoms with E-state index in [1.807, 2.05) is 0 Å². The molecule has 1 aliphatic heterocycles. The molecule has 136 valence electrons. The van der Waals surface area contributed by atoms with Crippen molar-refractivity contribution >= 4 is 21.7 Å². The Kier molecular flexibility index (Phi) is 5.75. The minimum absolute atomic E-state index is 0.0436. The van der Waals surface area contributed by atoms with Gasteiger partial charge in [-0.15, -0.1) is 0 Å². The third kappa shape index (κ3) is 4.87. The number of piperidine rings is 1. The maximum Gasteiger partial charge on any atom is 0.322 e. The summed E-state index contributed by atoms with van der Waals surface area (Å²) in [6.07, 6.45) is 1.85. The summed E-state index contributed by atoms with van der Waals surface area (Å²) < 4.78 is 52.0. The molecule has 1 atom stereocenters. The quantitative estimate of drug-likeness (QED) is 0.822. The number of likely N-dealkylation sites (tertiary alicyclic amines) is 1. The van der Waals surface area contributed by atoms with Crippen molar-refractivity contribution in [3.8, 4) is 0 Å². The van der Waals surface area contributed by atoms with Crippen LogP contribution in [0.1, 0.15) is 31.4 Å². The van der Waals surface area contributed by atoms with Gasteiger partial charge in [0.1, 0.15) is 0 Å². The highest BCUT2D eigenvalue weighted by atomic mass is 32.2. The molecule has 2 heterocycles. The molecule has 0 aromatic carbocycles. The van der Waals surface area contributed by atoms with Gasteiger partial charge >= 0.3 is 6.03 Å². The predicted octanol–water partition coefficient (Wildman–Crippen LogP) is 1.29. The van der Waals surface area contributed by atoms with Crippen molar-refractivity contribution < 1.29 is 22.0 Å². The van der Waals surface area contributed by atoms with Gasteiger partial charge in [-0.2, -0.15) is 5.10 Å². The second kappa shape index (κ2) is 7.43. The van der Waals surface area contributed by atoms with Crippen LogP contribution in [0.3, 0.4) is 0 Å². The van der Waals surface area contributed by atoms with Crippen LogP contribution in [-0.2, 0) is 17.1 Å². The molecule has 2 amide bonds. The van der Waals surface area contributed by atoms with Gasteiger partial charge in [0, 0.05) is 32.4 Å². The van der Waals surface area contributed by atoms with Crippen molar-refractivity contribution in [2.45, 2.75) is 31.7 Å². The lowest BCUT2D eigenvalue weighted by Crippen LogP contribution is -2.50. The number of sulfonamides is 1. The highest BCUT2D eigenvalue weighted by Gasteiger charge is 2.29. The Hall–Kier alpha value is -1.75. The molecule has 1 unspecified atom stereocenters. The van der Waals surface area contributed by atoms with Crippen molar-refractivity contribution in [3.63, 3.8) is 0 Å². The van der Waals surface area contributed by atoms with Crippen LogP contribution in [0, 0.1) is 0 Å². The first-order chi connectivity index (χ1) is 11.2. The van der Waals surface area contributed by atoms with Crippen LogP contribution in [0.25, 0.3) is 0 Å². The zero-order chi connectivity index (χ0) is 17.9. The lowest BCUT2D eigenvalue weighted by molar-refractivity contribution is 0.145. The molecule has 0 saturated carbocycles. The second-order valence-corrected chi connectivity index (χ2v) is 7.63. The van der Waals surface area contributed by atoms with E-state index >= 15 is 0 Å². The molecule has 0 aliphatic carbocycles. The number of rotatable bonds is 5. The second-order valence-electron chi connectivity index (χ2n) is 5.80. The number of anilines is 1. The van der Waals surface area contributed by atoms with Crippen LogP contribution in [0.5, 0.6) is 0 Å². The Bertz CT molecular complexity index is 692. The Morgan fingerprint density at radius 1 is 1.46 bits per heavy atom. The van der Waals surface area contributed by atoms with E-state index in [2.05, 4.69) is 15.1 Å². The summed E-state index contributed by atoms with van der Waals surface area (Å²) in [6.45, 7) is 0.535. The molecule has 11 heteroatoms. The summed E-state index contributed by atoms with van der Waals surface area (Å²) in [4.78, 5) is 13.9. The van der Waals surface area contributed by atoms with E-state index in [-0.39, 0.29) is 18.3 Å². The van der Waals surface area contributed by atoms with Gasteiger partial charge in [0.15, 0.2) is 5.69 Å². The highest BCUT2D eigenvalue weighted by molar-refractivity contribution is 7.88. The molecule has 8 nitrogen and oxygen atoms in total. The molecule has 24 heavy (non-hydrogen) atoms. The summed E-state index contributed by atoms with van der Waals surface area (Å²) in [6, 6.07) is -0.856. The number of amides is 2. The minimum Gasteiger partial charge on any atom is -0.320 e. The van der Waals surface area contributed by atoms with Gasteiger partial charge in [0.05, 0.1) is 11.9 Å². The molecule has 1 aromatic rings. The van der Waals surface area contributed by atoms with Crippen LogP contribution in [-0.4, -0.2) is 54.5 Å². The van der Waals surface area contributed by atoms with Gasteiger partial charge in [-0.05, 0) is 19.3 Å². The molecule has 1 saturated heterocycles. The molecule has 1 fully saturated rings. The number of nitrogens with zero attached hydrogens (tertiary/aromatic N) is 3. The maximum absolute atomic E-state index is 12.9. The first-order valence-corrected chi connectivity index (χ1v) is 9.40. The molecular formula is C13H21F2N5O3S. The van der Waals surface area contributed by atoms with E-state index in [9.17, 15) is 22.0 Å². The number of alkyl halides is 2. The Labute approximate surface area is 139 Å². The summed E-state index contributed by atoms with van der Waals surface area (Å²) in [5.74, 6) is 0. The van der Waals surface area contributed by atoms with Gasteiger partial charge in [-0.1, -0.05) is 0 Å². The van der Waals surface area contributed by atoms with Crippen molar-refractivity contribution in [3.05, 3.63) is 11.9 Å². The van der Waals surface area contributed by atoms with Crippen molar-refractivity contribution in [2.75, 3.05) is 24.7 Å². The van der Waals surface area contributed by atoms with Crippen molar-refractivity contribution in [2.24, 2.45) is 7.05 Å². The molecule has 0 bridgehead atoms. The van der Waals surface area contributed by atoms with Gasteiger partial charge in [0.25, 0.3) is 6.43 Å². The third-order valence-corrected chi connectivity index (χ3v) is 4.47. The number of hydrogen-bond donors (Lipinski definition) is 2. The summed E-state index contributed by atoms with van der Waals surface area (Å²) in [5, 5.41) is 6.09. The maximum atomic E-state index is 12.9. The fourth-order valence-electron chi connectivity index (χ4n) is 2.68. The van der Waals surface area contributed by atoms with Crippen LogP contribution in [0.2, 0.25) is 0 Å². The Balaban J connectivity index is 2.08. The number of carbonyl (C=O) groups excluding carboxylic acids is 1. The summed E-state index contributed by atoms with van der Waals surface area (Å²) in [7, 11) is -1.88. The molecular weight excluding hydrogens is 344 g/mol. The number of urea groups is 1. The van der Waals surface area contributed by atoms with E-state index < -0.39 is 28.2 Å². The Morgan fingerprint density at radius 3 is 2.79 bits per heavy atom. The number of aromatic nitrogens is 2. The van der Waals surface area contributed by atoms with E-state index in [0.29, 0.717) is 13.0 Å². The monoisotopic (exact) mass is 365 g/mol. The highest BCUT2D eigenvalue weighted by Crippen LogP contribution is 2.26. The predicted molar refractivity (Wildman–Crippen MR) is 84.4 cm³/mol. The Morgan fingerprint density at radius 2 is 2.17 bits per heavy atom. The number of nitrogens with one attached hydrogen (secondary N) is 2. The molecule has 0 radical (unpaired) electrons. The van der Waals surface area contributed by atoms with E-state index in [1.165, 1.54) is 22.8 Å². The fourth-order valence-corrected chi connectivity index (χ4v) is 3.17. The molecule has 0 spiro atoms. The number of hydrogen-bond acceptors (Lipinski definition) is 4. The zero-order valence-corrected chi connectivity index (χ0v) is 14.3. The molecule has 2 rings (SSSR count). The van der Waals surface area contributed by atoms with Crippen molar-refractivity contribution in [1.82, 2.24) is 19.4 Å².